The Morgan fingerprint density at radius 3 is 2.94 bits per heavy atom. The van der Waals surface area contributed by atoms with Crippen LogP contribution in [-0.4, -0.2) is 26.2 Å². The molecular formula is C9H9N3O3S. The lowest BCUT2D eigenvalue weighted by Crippen LogP contribution is -2.21. The maximum atomic E-state index is 10.8. The van der Waals surface area contributed by atoms with Crippen molar-refractivity contribution in [3.05, 3.63) is 29.3 Å². The highest BCUT2D eigenvalue weighted by Gasteiger charge is 2.23. The molecule has 0 aliphatic carbocycles. The van der Waals surface area contributed by atoms with Crippen LogP contribution in [0.5, 0.6) is 0 Å². The van der Waals surface area contributed by atoms with Crippen LogP contribution in [0.1, 0.15) is 11.6 Å². The van der Waals surface area contributed by atoms with E-state index in [9.17, 15) is 10.0 Å². The lowest BCUT2D eigenvalue weighted by molar-refractivity contribution is -0.138. The molecule has 0 aliphatic heterocycles. The molecule has 0 fully saturated rings. The number of hydrogen-bond donors (Lipinski definition) is 3. The van der Waals surface area contributed by atoms with E-state index in [2.05, 4.69) is 5.10 Å². The van der Waals surface area contributed by atoms with E-state index < -0.39 is 12.0 Å². The molecule has 0 saturated heterocycles. The van der Waals surface area contributed by atoms with Gasteiger partial charge in [-0.15, -0.1) is 21.3 Å². The van der Waals surface area contributed by atoms with Gasteiger partial charge in [0.1, 0.15) is 11.7 Å². The second-order valence-electron chi connectivity index (χ2n) is 3.13. The van der Waals surface area contributed by atoms with E-state index in [1.165, 1.54) is 17.5 Å². The molecule has 7 heteroatoms. The molecule has 0 spiro atoms. The minimum atomic E-state index is -1.20. The topological polar surface area (TPSA) is 101 Å². The molecule has 6 nitrogen and oxygen atoms in total. The molecule has 0 bridgehead atoms. The molecule has 0 aromatic carbocycles. The van der Waals surface area contributed by atoms with Crippen LogP contribution in [0.3, 0.4) is 0 Å². The van der Waals surface area contributed by atoms with Crippen molar-refractivity contribution >= 4 is 17.3 Å². The first-order chi connectivity index (χ1) is 7.61. The molecule has 16 heavy (non-hydrogen) atoms. The van der Waals surface area contributed by atoms with Gasteiger partial charge < -0.3 is 16.0 Å². The van der Waals surface area contributed by atoms with Crippen molar-refractivity contribution in [2.75, 3.05) is 0 Å². The lowest BCUT2D eigenvalue weighted by atomic mass is 10.1. The van der Waals surface area contributed by atoms with Crippen molar-refractivity contribution in [2.45, 2.75) is 6.04 Å². The van der Waals surface area contributed by atoms with Gasteiger partial charge in [-0.1, -0.05) is 6.07 Å². The zero-order chi connectivity index (χ0) is 11.7. The van der Waals surface area contributed by atoms with Gasteiger partial charge in [-0.25, -0.2) is 0 Å². The second kappa shape index (κ2) is 3.95. The van der Waals surface area contributed by atoms with Crippen LogP contribution in [-0.2, 0) is 4.79 Å². The number of aromatic nitrogens is 2. The van der Waals surface area contributed by atoms with Gasteiger partial charge in [0.25, 0.3) is 0 Å². The van der Waals surface area contributed by atoms with Crippen LogP contribution < -0.4 is 5.73 Å². The Balaban J connectivity index is 2.53. The van der Waals surface area contributed by atoms with Crippen molar-refractivity contribution in [3.63, 3.8) is 0 Å². The van der Waals surface area contributed by atoms with E-state index >= 15 is 0 Å². The van der Waals surface area contributed by atoms with Crippen LogP contribution in [0.2, 0.25) is 0 Å². The quantitative estimate of drug-likeness (QED) is 0.692. The van der Waals surface area contributed by atoms with Crippen LogP contribution in [0.15, 0.2) is 23.7 Å². The molecule has 2 aromatic heterocycles. The minimum Gasteiger partial charge on any atom is -0.480 e. The highest BCUT2D eigenvalue weighted by atomic mass is 32.1. The first kappa shape index (κ1) is 10.7. The number of carboxylic acids is 1. The fraction of sp³-hybridized carbons (Fsp3) is 0.111. The molecule has 2 heterocycles. The smallest absolute Gasteiger partial charge is 0.325 e. The number of rotatable bonds is 3. The highest BCUT2D eigenvalue weighted by Crippen LogP contribution is 2.30. The summed E-state index contributed by atoms with van der Waals surface area (Å²) in [4.78, 5) is 12.1. The Labute approximate surface area is 94.5 Å². The van der Waals surface area contributed by atoms with Gasteiger partial charge in [-0.05, 0) is 11.4 Å². The summed E-state index contributed by atoms with van der Waals surface area (Å²) in [6.45, 7) is 0. The summed E-state index contributed by atoms with van der Waals surface area (Å²) in [5.41, 5.74) is 6.11. The first-order valence-electron chi connectivity index (χ1n) is 4.40. The highest BCUT2D eigenvalue weighted by molar-refractivity contribution is 7.13. The normalized spacial score (nSPS) is 12.6. The predicted molar refractivity (Wildman–Crippen MR) is 57.3 cm³/mol. The van der Waals surface area contributed by atoms with E-state index in [-0.39, 0.29) is 5.56 Å². The van der Waals surface area contributed by atoms with E-state index in [4.69, 9.17) is 10.8 Å². The molecule has 0 saturated carbocycles. The van der Waals surface area contributed by atoms with Crippen molar-refractivity contribution < 1.29 is 15.1 Å². The summed E-state index contributed by atoms with van der Waals surface area (Å²) in [5.74, 6) is -1.16. The van der Waals surface area contributed by atoms with Crippen molar-refractivity contribution in [2.24, 2.45) is 5.73 Å². The predicted octanol–water partition coefficient (Wildman–Crippen LogP) is 0.933. The third-order valence-corrected chi connectivity index (χ3v) is 3.01. The van der Waals surface area contributed by atoms with Crippen molar-refractivity contribution in [1.29, 1.82) is 0 Å². The van der Waals surface area contributed by atoms with Crippen molar-refractivity contribution in [3.8, 4) is 10.6 Å². The lowest BCUT2D eigenvalue weighted by Gasteiger charge is -2.06. The SMILES string of the molecule is NC(C(=O)O)c1cnn(O)c1-c1cccs1. The molecule has 0 aliphatic rings. The fourth-order valence-corrected chi connectivity index (χ4v) is 2.14. The number of nitrogens with zero attached hydrogens (tertiary/aromatic N) is 2. The summed E-state index contributed by atoms with van der Waals surface area (Å²) < 4.78 is 0. The van der Waals surface area contributed by atoms with E-state index in [0.29, 0.717) is 15.4 Å². The van der Waals surface area contributed by atoms with Crippen LogP contribution in [0.4, 0.5) is 0 Å². The standard InChI is InChI=1S/C9H9N3O3S/c10-7(9(13)14)5-4-11-12(15)8(5)6-2-1-3-16-6/h1-4,7,15H,10H2,(H,13,14). The van der Waals surface area contributed by atoms with Crippen LogP contribution in [0, 0.1) is 0 Å². The van der Waals surface area contributed by atoms with E-state index in [0.717, 1.165) is 0 Å². The molecular weight excluding hydrogens is 230 g/mol. The Morgan fingerprint density at radius 1 is 1.62 bits per heavy atom. The largest absolute Gasteiger partial charge is 0.480 e. The molecule has 2 aromatic rings. The van der Waals surface area contributed by atoms with Crippen molar-refractivity contribution in [1.82, 2.24) is 9.94 Å². The average Bonchev–Trinajstić information content (AvgIpc) is 2.84. The number of carbonyl (C=O) groups is 1. The summed E-state index contributed by atoms with van der Waals surface area (Å²) in [6.07, 6.45) is 1.26. The summed E-state index contributed by atoms with van der Waals surface area (Å²) in [7, 11) is 0. The number of aliphatic carboxylic acids is 1. The van der Waals surface area contributed by atoms with Gasteiger partial charge in [0, 0.05) is 5.56 Å². The third-order valence-electron chi connectivity index (χ3n) is 2.14. The molecule has 4 N–H and O–H groups in total. The fourth-order valence-electron chi connectivity index (χ4n) is 1.37. The molecule has 2 rings (SSSR count). The van der Waals surface area contributed by atoms with Gasteiger partial charge in [0.15, 0.2) is 0 Å². The molecule has 0 radical (unpaired) electrons. The maximum absolute atomic E-state index is 10.8. The second-order valence-corrected chi connectivity index (χ2v) is 4.08. The molecule has 1 atom stereocenters. The molecule has 0 amide bonds. The Morgan fingerprint density at radius 2 is 2.38 bits per heavy atom. The summed E-state index contributed by atoms with van der Waals surface area (Å²) in [6, 6.07) is 2.35. The van der Waals surface area contributed by atoms with Gasteiger partial charge in [0.05, 0.1) is 11.1 Å². The molecule has 84 valence electrons. The third kappa shape index (κ3) is 1.66. The Hall–Kier alpha value is -1.86. The van der Waals surface area contributed by atoms with Gasteiger partial charge in [-0.3, -0.25) is 4.79 Å². The zero-order valence-electron chi connectivity index (χ0n) is 8.07. The first-order valence-corrected chi connectivity index (χ1v) is 5.28. The van der Waals surface area contributed by atoms with Gasteiger partial charge >= 0.3 is 5.97 Å². The number of nitrogens with two attached hydrogens (primary N) is 1. The Kier molecular flexibility index (Phi) is 2.63. The van der Waals surface area contributed by atoms with E-state index in [1.54, 1.807) is 12.1 Å². The number of carboxylic acid groups (broad SMARTS) is 1. The van der Waals surface area contributed by atoms with Gasteiger partial charge in [0.2, 0.25) is 0 Å². The van der Waals surface area contributed by atoms with Crippen LogP contribution in [0.25, 0.3) is 10.6 Å². The van der Waals surface area contributed by atoms with E-state index in [1.807, 2.05) is 5.38 Å². The summed E-state index contributed by atoms with van der Waals surface area (Å²) >= 11 is 1.37. The minimum absolute atomic E-state index is 0.289. The average molecular weight is 239 g/mol. The summed E-state index contributed by atoms with van der Waals surface area (Å²) in [5, 5.41) is 23.8. The maximum Gasteiger partial charge on any atom is 0.325 e. The molecule has 1 unspecified atom stereocenters. The number of hydrogen-bond acceptors (Lipinski definition) is 5. The number of thiophene rings is 1. The van der Waals surface area contributed by atoms with Gasteiger partial charge in [-0.2, -0.15) is 0 Å². The van der Waals surface area contributed by atoms with Crippen LogP contribution >= 0.6 is 11.3 Å². The zero-order valence-corrected chi connectivity index (χ0v) is 8.89. The Bertz CT molecular complexity index is 506. The monoisotopic (exact) mass is 239 g/mol.